The zero-order valence-corrected chi connectivity index (χ0v) is 11.8. The minimum atomic E-state index is -3.86. The molecule has 0 bridgehead atoms. The van der Waals surface area contributed by atoms with Crippen LogP contribution in [0, 0.1) is 0 Å². The molecular weight excluding hydrogens is 330 g/mol. The summed E-state index contributed by atoms with van der Waals surface area (Å²) in [7, 11) is 1.36. The predicted molar refractivity (Wildman–Crippen MR) is 69.7 cm³/mol. The minimum absolute atomic E-state index is 0.128. The van der Waals surface area contributed by atoms with Crippen molar-refractivity contribution in [2.75, 3.05) is 6.54 Å². The zero-order chi connectivity index (χ0) is 13.1. The van der Waals surface area contributed by atoms with Crippen molar-refractivity contribution in [3.8, 4) is 0 Å². The standard InChI is InChI=1S/C10H9BrClNO3S/c1-2-3-13-10(14)7-4-8(11)6-9(5-7)17(12,15)16/h2,4-6H,1,3H2,(H,13,14). The monoisotopic (exact) mass is 337 g/mol. The Kier molecular flexibility index (Phi) is 4.73. The van der Waals surface area contributed by atoms with Gasteiger partial charge < -0.3 is 5.32 Å². The van der Waals surface area contributed by atoms with E-state index < -0.39 is 15.0 Å². The van der Waals surface area contributed by atoms with E-state index in [0.29, 0.717) is 11.0 Å². The molecule has 1 rings (SSSR count). The molecule has 0 saturated heterocycles. The molecule has 0 aliphatic heterocycles. The predicted octanol–water partition coefficient (Wildman–Crippen LogP) is 2.29. The van der Waals surface area contributed by atoms with Gasteiger partial charge in [0.1, 0.15) is 0 Å². The molecule has 0 saturated carbocycles. The number of carbonyl (C=O) groups is 1. The Bertz CT molecular complexity index is 557. The lowest BCUT2D eigenvalue weighted by molar-refractivity contribution is 0.0957. The van der Waals surface area contributed by atoms with E-state index in [0.717, 1.165) is 0 Å². The van der Waals surface area contributed by atoms with Gasteiger partial charge >= 0.3 is 0 Å². The summed E-state index contributed by atoms with van der Waals surface area (Å²) in [5.74, 6) is -0.396. The van der Waals surface area contributed by atoms with Gasteiger partial charge in [0, 0.05) is 27.3 Å². The summed E-state index contributed by atoms with van der Waals surface area (Å²) in [5.41, 5.74) is 0.209. The van der Waals surface area contributed by atoms with E-state index in [2.05, 4.69) is 27.8 Å². The molecule has 0 atom stereocenters. The summed E-state index contributed by atoms with van der Waals surface area (Å²) in [4.78, 5) is 11.5. The number of hydrogen-bond donors (Lipinski definition) is 1. The Morgan fingerprint density at radius 3 is 2.65 bits per heavy atom. The molecule has 0 unspecified atom stereocenters. The van der Waals surface area contributed by atoms with Gasteiger partial charge in [0.25, 0.3) is 15.0 Å². The third-order valence-corrected chi connectivity index (χ3v) is 3.61. The van der Waals surface area contributed by atoms with E-state index in [9.17, 15) is 13.2 Å². The van der Waals surface area contributed by atoms with Gasteiger partial charge in [-0.25, -0.2) is 8.42 Å². The number of rotatable bonds is 4. The van der Waals surface area contributed by atoms with Crippen LogP contribution in [-0.2, 0) is 9.05 Å². The average molecular weight is 339 g/mol. The van der Waals surface area contributed by atoms with Gasteiger partial charge in [0.15, 0.2) is 0 Å². The second-order valence-electron chi connectivity index (χ2n) is 3.11. The molecule has 1 aromatic carbocycles. The second kappa shape index (κ2) is 5.66. The van der Waals surface area contributed by atoms with E-state index in [4.69, 9.17) is 10.7 Å². The minimum Gasteiger partial charge on any atom is -0.349 e. The maximum absolute atomic E-state index is 11.6. The van der Waals surface area contributed by atoms with Crippen LogP contribution in [-0.4, -0.2) is 20.9 Å². The maximum atomic E-state index is 11.6. The molecule has 17 heavy (non-hydrogen) atoms. The highest BCUT2D eigenvalue weighted by atomic mass is 79.9. The Morgan fingerprint density at radius 2 is 2.12 bits per heavy atom. The van der Waals surface area contributed by atoms with E-state index in [1.807, 2.05) is 0 Å². The van der Waals surface area contributed by atoms with Crippen molar-refractivity contribution >= 4 is 41.6 Å². The van der Waals surface area contributed by atoms with Crippen LogP contribution in [0.5, 0.6) is 0 Å². The largest absolute Gasteiger partial charge is 0.349 e. The zero-order valence-electron chi connectivity index (χ0n) is 8.61. The van der Waals surface area contributed by atoms with Gasteiger partial charge in [-0.15, -0.1) is 6.58 Å². The second-order valence-corrected chi connectivity index (χ2v) is 6.59. The number of halogens is 2. The van der Waals surface area contributed by atoms with Gasteiger partial charge in [0.2, 0.25) is 0 Å². The van der Waals surface area contributed by atoms with Crippen molar-refractivity contribution in [2.24, 2.45) is 0 Å². The summed E-state index contributed by atoms with van der Waals surface area (Å²) in [6.07, 6.45) is 1.52. The molecule has 1 N–H and O–H groups in total. The summed E-state index contributed by atoms with van der Waals surface area (Å²) in [5, 5.41) is 2.54. The lowest BCUT2D eigenvalue weighted by Crippen LogP contribution is -2.23. The third-order valence-electron chi connectivity index (χ3n) is 1.82. The molecular formula is C10H9BrClNO3S. The molecule has 1 amide bonds. The molecule has 0 heterocycles. The Hall–Kier alpha value is -0.850. The molecule has 0 aliphatic rings. The van der Waals surface area contributed by atoms with Crippen LogP contribution in [0.1, 0.15) is 10.4 Å². The number of carbonyl (C=O) groups excluding carboxylic acids is 1. The van der Waals surface area contributed by atoms with Crippen LogP contribution in [0.4, 0.5) is 0 Å². The highest BCUT2D eigenvalue weighted by Gasteiger charge is 2.14. The van der Waals surface area contributed by atoms with Crippen LogP contribution < -0.4 is 5.32 Å². The van der Waals surface area contributed by atoms with E-state index in [1.54, 1.807) is 0 Å². The van der Waals surface area contributed by atoms with Crippen LogP contribution in [0.15, 0.2) is 40.2 Å². The fraction of sp³-hybridized carbons (Fsp3) is 0.100. The van der Waals surface area contributed by atoms with Crippen LogP contribution in [0.25, 0.3) is 0 Å². The fourth-order valence-electron chi connectivity index (χ4n) is 1.10. The first-order valence-electron chi connectivity index (χ1n) is 4.49. The summed E-state index contributed by atoms with van der Waals surface area (Å²) in [6, 6.07) is 4.04. The molecule has 0 aliphatic carbocycles. The van der Waals surface area contributed by atoms with Crippen molar-refractivity contribution in [1.29, 1.82) is 0 Å². The first-order valence-corrected chi connectivity index (χ1v) is 7.59. The van der Waals surface area contributed by atoms with Crippen molar-refractivity contribution < 1.29 is 13.2 Å². The number of hydrogen-bond acceptors (Lipinski definition) is 3. The molecule has 7 heteroatoms. The molecule has 1 aromatic rings. The topological polar surface area (TPSA) is 63.2 Å². The molecule has 0 aromatic heterocycles. The first-order chi connectivity index (χ1) is 7.84. The Morgan fingerprint density at radius 1 is 1.47 bits per heavy atom. The van der Waals surface area contributed by atoms with Crippen LogP contribution >= 0.6 is 26.6 Å². The van der Waals surface area contributed by atoms with Gasteiger partial charge in [-0.1, -0.05) is 22.0 Å². The highest BCUT2D eigenvalue weighted by Crippen LogP contribution is 2.22. The van der Waals surface area contributed by atoms with Gasteiger partial charge in [-0.3, -0.25) is 4.79 Å². The molecule has 0 fully saturated rings. The molecule has 0 spiro atoms. The van der Waals surface area contributed by atoms with Gasteiger partial charge in [-0.2, -0.15) is 0 Å². The van der Waals surface area contributed by atoms with Crippen molar-refractivity contribution in [3.05, 3.63) is 40.9 Å². The summed E-state index contributed by atoms with van der Waals surface area (Å²) < 4.78 is 22.8. The fourth-order valence-corrected chi connectivity index (χ4v) is 2.55. The first kappa shape index (κ1) is 14.2. The van der Waals surface area contributed by atoms with Crippen molar-refractivity contribution in [3.63, 3.8) is 0 Å². The summed E-state index contributed by atoms with van der Waals surface area (Å²) in [6.45, 7) is 3.76. The van der Waals surface area contributed by atoms with Gasteiger partial charge in [-0.05, 0) is 18.2 Å². The quantitative estimate of drug-likeness (QED) is 0.677. The smallest absolute Gasteiger partial charge is 0.261 e. The SMILES string of the molecule is C=CCNC(=O)c1cc(Br)cc(S(=O)(=O)Cl)c1. The number of benzene rings is 1. The normalized spacial score (nSPS) is 10.9. The van der Waals surface area contributed by atoms with Crippen molar-refractivity contribution in [2.45, 2.75) is 4.90 Å². The molecule has 4 nitrogen and oxygen atoms in total. The number of nitrogens with one attached hydrogen (secondary N) is 1. The van der Waals surface area contributed by atoms with E-state index >= 15 is 0 Å². The third kappa shape index (κ3) is 4.14. The van der Waals surface area contributed by atoms with Crippen LogP contribution in [0.2, 0.25) is 0 Å². The molecule has 0 radical (unpaired) electrons. The molecule has 92 valence electrons. The highest BCUT2D eigenvalue weighted by molar-refractivity contribution is 9.10. The lowest BCUT2D eigenvalue weighted by atomic mass is 10.2. The summed E-state index contributed by atoms with van der Waals surface area (Å²) >= 11 is 3.12. The van der Waals surface area contributed by atoms with Gasteiger partial charge in [0.05, 0.1) is 4.90 Å². The number of amides is 1. The van der Waals surface area contributed by atoms with E-state index in [1.165, 1.54) is 24.3 Å². The Labute approximate surface area is 112 Å². The lowest BCUT2D eigenvalue weighted by Gasteiger charge is -2.05. The van der Waals surface area contributed by atoms with Crippen molar-refractivity contribution in [1.82, 2.24) is 5.32 Å². The Balaban J connectivity index is 3.14. The van der Waals surface area contributed by atoms with E-state index in [-0.39, 0.29) is 10.5 Å². The van der Waals surface area contributed by atoms with Crippen LogP contribution in [0.3, 0.4) is 0 Å². The average Bonchev–Trinajstić information content (AvgIpc) is 2.23. The maximum Gasteiger partial charge on any atom is 0.261 e.